The third kappa shape index (κ3) is 3.31. The van der Waals surface area contributed by atoms with Crippen LogP contribution in [-0.2, 0) is 6.42 Å². The molecule has 3 N–H and O–H groups in total. The van der Waals surface area contributed by atoms with Crippen LogP contribution in [0.2, 0.25) is 0 Å². The van der Waals surface area contributed by atoms with Crippen LogP contribution in [0.4, 0.5) is 0 Å². The first-order chi connectivity index (χ1) is 10.2. The van der Waals surface area contributed by atoms with Gasteiger partial charge >= 0.3 is 0 Å². The second-order valence-corrected chi connectivity index (χ2v) is 6.33. The van der Waals surface area contributed by atoms with Crippen molar-refractivity contribution in [3.05, 3.63) is 35.4 Å². The maximum absolute atomic E-state index is 6.01. The van der Waals surface area contributed by atoms with E-state index in [1.54, 1.807) is 0 Å². The lowest BCUT2D eigenvalue weighted by Crippen LogP contribution is -2.62. The van der Waals surface area contributed by atoms with Crippen LogP contribution >= 0.6 is 0 Å². The van der Waals surface area contributed by atoms with E-state index in [2.05, 4.69) is 55.4 Å². The average Bonchev–Trinajstić information content (AvgIpc) is 2.98. The molecule has 1 aliphatic carbocycles. The number of nitrogens with one attached hydrogen (secondary N) is 1. The van der Waals surface area contributed by atoms with E-state index in [4.69, 9.17) is 5.84 Å². The Morgan fingerprint density at radius 3 is 2.33 bits per heavy atom. The summed E-state index contributed by atoms with van der Waals surface area (Å²) in [4.78, 5) is 2.63. The van der Waals surface area contributed by atoms with E-state index in [1.165, 1.54) is 36.8 Å². The highest BCUT2D eigenvalue weighted by Crippen LogP contribution is 2.39. The molecule has 0 radical (unpaired) electrons. The van der Waals surface area contributed by atoms with E-state index >= 15 is 0 Å². The topological polar surface area (TPSA) is 41.3 Å². The fourth-order valence-corrected chi connectivity index (χ4v) is 4.19. The summed E-state index contributed by atoms with van der Waals surface area (Å²) in [7, 11) is 0. The van der Waals surface area contributed by atoms with Crippen molar-refractivity contribution in [3.8, 4) is 0 Å². The molecule has 1 saturated carbocycles. The molecule has 2 rings (SSSR count). The summed E-state index contributed by atoms with van der Waals surface area (Å²) >= 11 is 0. The molecule has 1 aromatic carbocycles. The van der Waals surface area contributed by atoms with Gasteiger partial charge in [-0.3, -0.25) is 16.2 Å². The third-order valence-electron chi connectivity index (χ3n) is 5.40. The van der Waals surface area contributed by atoms with Gasteiger partial charge in [0, 0.05) is 11.6 Å². The Bertz CT molecular complexity index is 434. The van der Waals surface area contributed by atoms with Crippen molar-refractivity contribution in [1.29, 1.82) is 0 Å². The van der Waals surface area contributed by atoms with Crippen molar-refractivity contribution >= 4 is 0 Å². The van der Waals surface area contributed by atoms with E-state index in [0.29, 0.717) is 6.04 Å². The zero-order chi connectivity index (χ0) is 15.3. The molecule has 1 aliphatic rings. The highest BCUT2D eigenvalue weighted by Gasteiger charge is 2.44. The van der Waals surface area contributed by atoms with Gasteiger partial charge in [-0.05, 0) is 50.4 Å². The molecule has 1 aromatic rings. The van der Waals surface area contributed by atoms with Gasteiger partial charge in [0.15, 0.2) is 0 Å². The van der Waals surface area contributed by atoms with Crippen LogP contribution in [0, 0.1) is 6.92 Å². The number of rotatable bonds is 7. The molecular formula is C18H31N3. The SMILES string of the molecule is CCN(CC)C1(C(Cc2ccccc2C)NN)CCCC1. The van der Waals surface area contributed by atoms with Crippen molar-refractivity contribution in [2.24, 2.45) is 5.84 Å². The quantitative estimate of drug-likeness (QED) is 0.599. The summed E-state index contributed by atoms with van der Waals surface area (Å²) < 4.78 is 0. The van der Waals surface area contributed by atoms with Crippen molar-refractivity contribution in [1.82, 2.24) is 10.3 Å². The van der Waals surface area contributed by atoms with Crippen LogP contribution in [0.3, 0.4) is 0 Å². The number of nitrogens with zero attached hydrogens (tertiary/aromatic N) is 1. The smallest absolute Gasteiger partial charge is 0.0435 e. The maximum atomic E-state index is 6.01. The van der Waals surface area contributed by atoms with E-state index < -0.39 is 0 Å². The number of benzene rings is 1. The van der Waals surface area contributed by atoms with Gasteiger partial charge in [0.1, 0.15) is 0 Å². The molecular weight excluding hydrogens is 258 g/mol. The average molecular weight is 289 g/mol. The summed E-state index contributed by atoms with van der Waals surface area (Å²) in [5.41, 5.74) is 6.17. The van der Waals surface area contributed by atoms with Crippen molar-refractivity contribution in [3.63, 3.8) is 0 Å². The molecule has 0 spiro atoms. The molecule has 0 saturated heterocycles. The van der Waals surface area contributed by atoms with Crippen LogP contribution in [0.5, 0.6) is 0 Å². The lowest BCUT2D eigenvalue weighted by atomic mass is 9.82. The number of hydrogen-bond donors (Lipinski definition) is 2. The Morgan fingerprint density at radius 1 is 1.19 bits per heavy atom. The number of aryl methyl sites for hydroxylation is 1. The van der Waals surface area contributed by atoms with Gasteiger partial charge in [-0.15, -0.1) is 0 Å². The largest absolute Gasteiger partial charge is 0.297 e. The Morgan fingerprint density at radius 2 is 1.81 bits per heavy atom. The molecule has 0 bridgehead atoms. The van der Waals surface area contributed by atoms with Crippen LogP contribution < -0.4 is 11.3 Å². The zero-order valence-corrected chi connectivity index (χ0v) is 13.9. The summed E-state index contributed by atoms with van der Waals surface area (Å²) in [5.74, 6) is 6.01. The maximum Gasteiger partial charge on any atom is 0.0435 e. The molecule has 0 amide bonds. The molecule has 1 fully saturated rings. The number of likely N-dealkylation sites (N-methyl/N-ethyl adjacent to an activating group) is 1. The lowest BCUT2D eigenvalue weighted by molar-refractivity contribution is 0.0629. The lowest BCUT2D eigenvalue weighted by Gasteiger charge is -2.46. The number of nitrogens with two attached hydrogens (primary N) is 1. The number of hydrogen-bond acceptors (Lipinski definition) is 3. The fourth-order valence-electron chi connectivity index (χ4n) is 4.19. The summed E-state index contributed by atoms with van der Waals surface area (Å²) in [6.07, 6.45) is 6.18. The van der Waals surface area contributed by atoms with Gasteiger partial charge in [0.25, 0.3) is 0 Å². The molecule has 1 atom stereocenters. The minimum absolute atomic E-state index is 0.223. The first kappa shape index (κ1) is 16.5. The molecule has 3 heteroatoms. The predicted octanol–water partition coefficient (Wildman–Crippen LogP) is 3.02. The van der Waals surface area contributed by atoms with Gasteiger partial charge in [0.05, 0.1) is 0 Å². The summed E-state index contributed by atoms with van der Waals surface area (Å²) in [5, 5.41) is 0. The molecule has 0 aliphatic heterocycles. The minimum Gasteiger partial charge on any atom is -0.297 e. The molecule has 0 aromatic heterocycles. The van der Waals surface area contributed by atoms with E-state index in [9.17, 15) is 0 Å². The van der Waals surface area contributed by atoms with E-state index in [1.807, 2.05) is 0 Å². The first-order valence-corrected chi connectivity index (χ1v) is 8.43. The summed E-state index contributed by atoms with van der Waals surface area (Å²) in [6, 6.07) is 9.00. The Hall–Kier alpha value is -0.900. The summed E-state index contributed by atoms with van der Waals surface area (Å²) in [6.45, 7) is 8.93. The Balaban J connectivity index is 2.26. The molecule has 1 unspecified atom stereocenters. The Labute approximate surface area is 129 Å². The second-order valence-electron chi connectivity index (χ2n) is 6.33. The number of hydrazine groups is 1. The van der Waals surface area contributed by atoms with Gasteiger partial charge in [-0.25, -0.2) is 0 Å². The van der Waals surface area contributed by atoms with Gasteiger partial charge in [-0.2, -0.15) is 0 Å². The standard InChI is InChI=1S/C18H31N3/c1-4-21(5-2)18(12-8-9-13-18)17(20-19)14-16-11-7-6-10-15(16)3/h6-7,10-11,17,20H,4-5,8-9,12-14,19H2,1-3H3. The monoisotopic (exact) mass is 289 g/mol. The van der Waals surface area contributed by atoms with Crippen LogP contribution in [-0.4, -0.2) is 29.6 Å². The second kappa shape index (κ2) is 7.39. The van der Waals surface area contributed by atoms with E-state index in [0.717, 1.165) is 19.5 Å². The van der Waals surface area contributed by atoms with Crippen LogP contribution in [0.25, 0.3) is 0 Å². The Kier molecular flexibility index (Phi) is 5.80. The predicted molar refractivity (Wildman–Crippen MR) is 90.1 cm³/mol. The molecule has 0 heterocycles. The van der Waals surface area contributed by atoms with Gasteiger partial charge in [-0.1, -0.05) is 51.0 Å². The molecule has 118 valence electrons. The first-order valence-electron chi connectivity index (χ1n) is 8.43. The van der Waals surface area contributed by atoms with Crippen molar-refractivity contribution in [2.45, 2.75) is 64.5 Å². The van der Waals surface area contributed by atoms with Crippen molar-refractivity contribution in [2.75, 3.05) is 13.1 Å². The highest BCUT2D eigenvalue weighted by atomic mass is 15.3. The highest BCUT2D eigenvalue weighted by molar-refractivity contribution is 5.27. The van der Waals surface area contributed by atoms with Crippen LogP contribution in [0.15, 0.2) is 24.3 Å². The molecule has 3 nitrogen and oxygen atoms in total. The van der Waals surface area contributed by atoms with Crippen LogP contribution in [0.1, 0.15) is 50.7 Å². The minimum atomic E-state index is 0.223. The van der Waals surface area contributed by atoms with Crippen molar-refractivity contribution < 1.29 is 0 Å². The fraction of sp³-hybridized carbons (Fsp3) is 0.667. The zero-order valence-electron chi connectivity index (χ0n) is 13.9. The van der Waals surface area contributed by atoms with Gasteiger partial charge < -0.3 is 0 Å². The third-order valence-corrected chi connectivity index (χ3v) is 5.40. The van der Waals surface area contributed by atoms with E-state index in [-0.39, 0.29) is 5.54 Å². The van der Waals surface area contributed by atoms with Gasteiger partial charge in [0.2, 0.25) is 0 Å². The molecule has 21 heavy (non-hydrogen) atoms. The normalized spacial score (nSPS) is 19.1.